The van der Waals surface area contributed by atoms with Crippen LogP contribution in [-0.2, 0) is 4.79 Å². The quantitative estimate of drug-likeness (QED) is 0.835. The molecule has 3 fully saturated rings. The van der Waals surface area contributed by atoms with Crippen LogP contribution in [0, 0.1) is 5.92 Å². The zero-order valence-corrected chi connectivity index (χ0v) is 13.0. The zero-order valence-electron chi connectivity index (χ0n) is 13.0. The minimum atomic E-state index is -0.171. The molecule has 0 radical (unpaired) electrons. The number of amides is 1. The largest absolute Gasteiger partial charge is 0.326 e. The van der Waals surface area contributed by atoms with Gasteiger partial charge in [0.15, 0.2) is 0 Å². The number of hydrogen-bond donors (Lipinski definition) is 1. The molecule has 1 N–H and O–H groups in total. The molecule has 0 aromatic rings. The minimum Gasteiger partial charge on any atom is -0.326 e. The van der Waals surface area contributed by atoms with E-state index in [4.69, 9.17) is 0 Å². The van der Waals surface area contributed by atoms with Crippen LogP contribution in [0.5, 0.6) is 0 Å². The van der Waals surface area contributed by atoms with Crippen molar-refractivity contribution in [3.63, 3.8) is 0 Å². The monoisotopic (exact) mass is 278 g/mol. The molecule has 1 atom stereocenters. The molecule has 2 aliphatic carbocycles. The van der Waals surface area contributed by atoms with E-state index in [2.05, 4.69) is 17.1 Å². The number of nitrogens with zero attached hydrogens (tertiary/aromatic N) is 1. The normalized spacial score (nSPS) is 29.9. The maximum Gasteiger partial charge on any atom is 0.244 e. The first-order valence-corrected chi connectivity index (χ1v) is 8.84. The van der Waals surface area contributed by atoms with E-state index in [0.717, 1.165) is 38.1 Å². The van der Waals surface area contributed by atoms with E-state index in [1.54, 1.807) is 0 Å². The maximum atomic E-state index is 12.9. The van der Waals surface area contributed by atoms with Crippen molar-refractivity contribution in [2.45, 2.75) is 89.3 Å². The van der Waals surface area contributed by atoms with E-state index in [0.29, 0.717) is 12.1 Å². The van der Waals surface area contributed by atoms with Crippen LogP contribution in [-0.4, -0.2) is 29.1 Å². The molecule has 2 saturated carbocycles. The van der Waals surface area contributed by atoms with Crippen LogP contribution in [0.3, 0.4) is 0 Å². The molecule has 0 aromatic carbocycles. The van der Waals surface area contributed by atoms with Gasteiger partial charge in [0.1, 0.15) is 0 Å². The van der Waals surface area contributed by atoms with E-state index in [9.17, 15) is 4.79 Å². The molecule has 1 saturated heterocycles. The Morgan fingerprint density at radius 3 is 2.50 bits per heavy atom. The van der Waals surface area contributed by atoms with Crippen LogP contribution in [0.25, 0.3) is 0 Å². The molecule has 1 heterocycles. The van der Waals surface area contributed by atoms with E-state index in [1.165, 1.54) is 44.9 Å². The van der Waals surface area contributed by atoms with Crippen LogP contribution in [0.15, 0.2) is 0 Å². The van der Waals surface area contributed by atoms with Crippen LogP contribution in [0.1, 0.15) is 77.6 Å². The number of hydrogen-bond acceptors (Lipinski definition) is 2. The second-order valence-electron chi connectivity index (χ2n) is 7.18. The summed E-state index contributed by atoms with van der Waals surface area (Å²) in [7, 11) is 0. The minimum absolute atomic E-state index is 0.171. The number of nitrogens with one attached hydrogen (secondary N) is 1. The first-order chi connectivity index (χ1) is 9.75. The first-order valence-electron chi connectivity index (χ1n) is 8.84. The molecular formula is C17H30N2O. The average molecular weight is 278 g/mol. The van der Waals surface area contributed by atoms with Gasteiger partial charge in [-0.25, -0.2) is 0 Å². The van der Waals surface area contributed by atoms with Gasteiger partial charge in [0, 0.05) is 6.54 Å². The molecule has 20 heavy (non-hydrogen) atoms. The third-order valence-electron chi connectivity index (χ3n) is 5.76. The van der Waals surface area contributed by atoms with Crippen LogP contribution < -0.4 is 5.32 Å². The smallest absolute Gasteiger partial charge is 0.244 e. The standard InChI is InChI=1S/C17H30N2O/c1-2-7-15-18-17(11-5-6-12-17)16(20)19(15)13-10-14-8-3-4-9-14/h14-15,18H,2-13H2,1H3. The van der Waals surface area contributed by atoms with Crippen molar-refractivity contribution in [1.29, 1.82) is 0 Å². The Bertz CT molecular complexity index is 343. The lowest BCUT2D eigenvalue weighted by Crippen LogP contribution is -2.44. The Kier molecular flexibility index (Phi) is 4.34. The molecular weight excluding hydrogens is 248 g/mol. The Morgan fingerprint density at radius 2 is 1.85 bits per heavy atom. The Labute approximate surface area is 123 Å². The first kappa shape index (κ1) is 14.4. The fourth-order valence-electron chi connectivity index (χ4n) is 4.59. The number of carbonyl (C=O) groups is 1. The Hall–Kier alpha value is -0.570. The lowest BCUT2D eigenvalue weighted by atomic mass is 9.97. The van der Waals surface area contributed by atoms with Gasteiger partial charge in [-0.1, -0.05) is 51.9 Å². The SMILES string of the molecule is CCCC1NC2(CCCC2)C(=O)N1CCC1CCCC1. The van der Waals surface area contributed by atoms with Gasteiger partial charge in [-0.2, -0.15) is 0 Å². The molecule has 1 spiro atoms. The van der Waals surface area contributed by atoms with E-state index in [1.807, 2.05) is 0 Å². The van der Waals surface area contributed by atoms with Gasteiger partial charge in [0.25, 0.3) is 0 Å². The highest BCUT2D eigenvalue weighted by atomic mass is 16.2. The van der Waals surface area contributed by atoms with Crippen molar-refractivity contribution in [2.75, 3.05) is 6.54 Å². The zero-order chi connectivity index (χ0) is 14.0. The molecule has 0 aromatic heterocycles. The summed E-state index contributed by atoms with van der Waals surface area (Å²) in [6.45, 7) is 3.21. The molecule has 3 nitrogen and oxygen atoms in total. The highest BCUT2D eigenvalue weighted by Gasteiger charge is 2.51. The Morgan fingerprint density at radius 1 is 1.15 bits per heavy atom. The van der Waals surface area contributed by atoms with Gasteiger partial charge >= 0.3 is 0 Å². The lowest BCUT2D eigenvalue weighted by Gasteiger charge is -2.25. The van der Waals surface area contributed by atoms with Crippen LogP contribution >= 0.6 is 0 Å². The van der Waals surface area contributed by atoms with Gasteiger partial charge in [-0.05, 0) is 31.6 Å². The topological polar surface area (TPSA) is 32.3 Å². The van der Waals surface area contributed by atoms with Crippen molar-refractivity contribution in [3.8, 4) is 0 Å². The maximum absolute atomic E-state index is 12.9. The molecule has 1 amide bonds. The average Bonchev–Trinajstić information content (AvgIpc) is 3.14. The highest BCUT2D eigenvalue weighted by molar-refractivity contribution is 5.89. The highest BCUT2D eigenvalue weighted by Crippen LogP contribution is 2.38. The molecule has 3 rings (SSSR count). The van der Waals surface area contributed by atoms with Gasteiger partial charge in [0.2, 0.25) is 5.91 Å². The summed E-state index contributed by atoms with van der Waals surface area (Å²) >= 11 is 0. The van der Waals surface area contributed by atoms with E-state index < -0.39 is 0 Å². The second kappa shape index (κ2) is 6.05. The molecule has 1 aliphatic heterocycles. The van der Waals surface area contributed by atoms with Gasteiger partial charge in [0.05, 0.1) is 11.7 Å². The molecule has 114 valence electrons. The third kappa shape index (κ3) is 2.61. The van der Waals surface area contributed by atoms with Crippen LogP contribution in [0.4, 0.5) is 0 Å². The van der Waals surface area contributed by atoms with E-state index >= 15 is 0 Å². The fraction of sp³-hybridized carbons (Fsp3) is 0.941. The number of carbonyl (C=O) groups excluding carboxylic acids is 1. The third-order valence-corrected chi connectivity index (χ3v) is 5.76. The summed E-state index contributed by atoms with van der Waals surface area (Å²) < 4.78 is 0. The van der Waals surface area contributed by atoms with Gasteiger partial charge in [-0.3, -0.25) is 10.1 Å². The molecule has 0 bridgehead atoms. The second-order valence-corrected chi connectivity index (χ2v) is 7.18. The van der Waals surface area contributed by atoms with Gasteiger partial charge in [-0.15, -0.1) is 0 Å². The van der Waals surface area contributed by atoms with Crippen molar-refractivity contribution >= 4 is 5.91 Å². The predicted octanol–water partition coefficient (Wildman–Crippen LogP) is 3.44. The fourth-order valence-corrected chi connectivity index (χ4v) is 4.59. The summed E-state index contributed by atoms with van der Waals surface area (Å²) in [6, 6.07) is 0. The predicted molar refractivity (Wildman–Crippen MR) is 81.3 cm³/mol. The molecule has 1 unspecified atom stereocenters. The van der Waals surface area contributed by atoms with Crippen molar-refractivity contribution in [3.05, 3.63) is 0 Å². The van der Waals surface area contributed by atoms with Crippen molar-refractivity contribution < 1.29 is 4.79 Å². The molecule has 3 aliphatic rings. The summed E-state index contributed by atoms with van der Waals surface area (Å²) in [6.07, 6.45) is 13.9. The summed E-state index contributed by atoms with van der Waals surface area (Å²) in [5.41, 5.74) is -0.171. The number of rotatable bonds is 5. The summed E-state index contributed by atoms with van der Waals surface area (Å²) in [4.78, 5) is 15.1. The molecule has 3 heteroatoms. The Balaban J connectivity index is 1.64. The lowest BCUT2D eigenvalue weighted by molar-refractivity contribution is -0.133. The van der Waals surface area contributed by atoms with Crippen LogP contribution in [0.2, 0.25) is 0 Å². The van der Waals surface area contributed by atoms with Crippen molar-refractivity contribution in [2.24, 2.45) is 5.92 Å². The summed E-state index contributed by atoms with van der Waals surface area (Å²) in [5, 5.41) is 3.72. The van der Waals surface area contributed by atoms with Crippen molar-refractivity contribution in [1.82, 2.24) is 10.2 Å². The summed E-state index contributed by atoms with van der Waals surface area (Å²) in [5.74, 6) is 1.30. The van der Waals surface area contributed by atoms with E-state index in [-0.39, 0.29) is 5.54 Å². The van der Waals surface area contributed by atoms with Gasteiger partial charge < -0.3 is 4.90 Å².